The molecule has 0 aromatic rings. The van der Waals surface area contributed by atoms with Gasteiger partial charge in [-0.3, -0.25) is 18.4 Å². The molecule has 0 aliphatic rings. The van der Waals surface area contributed by atoms with E-state index in [1.807, 2.05) is 7.05 Å². The van der Waals surface area contributed by atoms with E-state index in [0.717, 1.165) is 24.7 Å². The van der Waals surface area contributed by atoms with E-state index in [0.29, 0.717) is 12.3 Å². The Morgan fingerprint density at radius 1 is 1.04 bits per heavy atom. The van der Waals surface area contributed by atoms with Crippen LogP contribution in [-0.4, -0.2) is 54.7 Å². The van der Waals surface area contributed by atoms with Crippen LogP contribution in [0.4, 0.5) is 0 Å². The van der Waals surface area contributed by atoms with Crippen molar-refractivity contribution < 1.29 is 22.9 Å². The molecule has 0 rings (SSSR count). The topological polar surface area (TPSA) is 65.1 Å². The molecule has 0 spiro atoms. The van der Waals surface area contributed by atoms with Gasteiger partial charge in [0.1, 0.15) is 0 Å². The van der Waals surface area contributed by atoms with Crippen molar-refractivity contribution in [2.45, 2.75) is 60.5 Å². The Hall–Kier alpha value is 0.0900. The van der Waals surface area contributed by atoms with Crippen molar-refractivity contribution >= 4 is 24.7 Å². The van der Waals surface area contributed by atoms with Crippen LogP contribution in [0.25, 0.3) is 0 Å². The fourth-order valence-corrected chi connectivity index (χ4v) is 3.75. The molecular weight excluding hydrogens is 361 g/mol. The van der Waals surface area contributed by atoms with E-state index in [1.54, 1.807) is 20.8 Å². The summed E-state index contributed by atoms with van der Waals surface area (Å²) in [7, 11) is -1.65. The van der Waals surface area contributed by atoms with Crippen LogP contribution in [0.5, 0.6) is 0 Å². The van der Waals surface area contributed by atoms with Gasteiger partial charge in [0.25, 0.3) is 0 Å². The number of phosphoric acid groups is 1. The van der Waals surface area contributed by atoms with Crippen LogP contribution >= 0.6 is 19.6 Å². The number of phosphoric ester groups is 1. The molecule has 0 aromatic heterocycles. The van der Waals surface area contributed by atoms with E-state index in [1.165, 1.54) is 6.92 Å². The maximum absolute atomic E-state index is 12.8. The highest BCUT2D eigenvalue weighted by atomic mass is 32.2. The summed E-state index contributed by atoms with van der Waals surface area (Å²) in [5.74, 6) is 0.418. The van der Waals surface area contributed by atoms with Crippen LogP contribution in [0.15, 0.2) is 0 Å². The molecule has 0 N–H and O–H groups in total. The molecule has 0 amide bonds. The summed E-state index contributed by atoms with van der Waals surface area (Å²) in [6, 6.07) is 0. The molecule has 6 nitrogen and oxygen atoms in total. The Kier molecular flexibility index (Phi) is 11.1. The van der Waals surface area contributed by atoms with Gasteiger partial charge in [0, 0.05) is 19.2 Å². The first-order chi connectivity index (χ1) is 11.2. The minimum atomic E-state index is -3.66. The first-order valence-corrected chi connectivity index (χ1v) is 11.1. The lowest BCUT2D eigenvalue weighted by atomic mass is 9.92. The Bertz CT molecular complexity index is 445. The van der Waals surface area contributed by atoms with Crippen LogP contribution in [0.3, 0.4) is 0 Å². The van der Waals surface area contributed by atoms with E-state index >= 15 is 0 Å². The standard InChI is InChI=1S/C17H36NO5PS/c1-15(19)25-14-13-22-24(20,23-17(5,6)7)21-12-11-18(8)10-9-16(2,3)4/h9-14H2,1-8H3. The van der Waals surface area contributed by atoms with Gasteiger partial charge in [-0.1, -0.05) is 32.5 Å². The highest BCUT2D eigenvalue weighted by Gasteiger charge is 2.32. The van der Waals surface area contributed by atoms with Crippen LogP contribution in [0.1, 0.15) is 54.9 Å². The van der Waals surface area contributed by atoms with Gasteiger partial charge in [-0.25, -0.2) is 4.57 Å². The van der Waals surface area contributed by atoms with Gasteiger partial charge >= 0.3 is 7.82 Å². The third kappa shape index (κ3) is 16.0. The molecule has 0 saturated heterocycles. The fourth-order valence-electron chi connectivity index (χ4n) is 1.71. The third-order valence-electron chi connectivity index (χ3n) is 2.99. The van der Waals surface area contributed by atoms with E-state index in [2.05, 4.69) is 25.7 Å². The van der Waals surface area contributed by atoms with Gasteiger partial charge in [-0.2, -0.15) is 0 Å². The van der Waals surface area contributed by atoms with Gasteiger partial charge in [0.2, 0.25) is 0 Å². The molecule has 1 atom stereocenters. The number of rotatable bonds is 11. The maximum atomic E-state index is 12.8. The monoisotopic (exact) mass is 397 g/mol. The summed E-state index contributed by atoms with van der Waals surface area (Å²) in [6.45, 7) is 15.5. The molecule has 0 heterocycles. The molecule has 150 valence electrons. The van der Waals surface area contributed by atoms with Gasteiger partial charge in [0.15, 0.2) is 5.12 Å². The summed E-state index contributed by atoms with van der Waals surface area (Å²) in [5.41, 5.74) is -0.376. The van der Waals surface area contributed by atoms with Crippen molar-refractivity contribution in [1.29, 1.82) is 0 Å². The van der Waals surface area contributed by atoms with Gasteiger partial charge in [-0.15, -0.1) is 0 Å². The quantitative estimate of drug-likeness (QED) is 0.373. The lowest BCUT2D eigenvalue weighted by molar-refractivity contribution is -0.109. The Morgan fingerprint density at radius 3 is 2.08 bits per heavy atom. The number of hydrogen-bond acceptors (Lipinski definition) is 7. The van der Waals surface area contributed by atoms with Gasteiger partial charge in [0.05, 0.1) is 18.8 Å². The molecule has 0 fully saturated rings. The predicted octanol–water partition coefficient (Wildman–Crippen LogP) is 4.59. The normalized spacial score (nSPS) is 15.4. The predicted molar refractivity (Wildman–Crippen MR) is 105 cm³/mol. The van der Waals surface area contributed by atoms with Crippen molar-refractivity contribution in [3.05, 3.63) is 0 Å². The Balaban J connectivity index is 4.43. The lowest BCUT2D eigenvalue weighted by Crippen LogP contribution is -2.27. The zero-order valence-corrected chi connectivity index (χ0v) is 18.8. The molecule has 0 bridgehead atoms. The van der Waals surface area contributed by atoms with Crippen molar-refractivity contribution in [2.24, 2.45) is 5.41 Å². The van der Waals surface area contributed by atoms with Crippen molar-refractivity contribution in [3.63, 3.8) is 0 Å². The van der Waals surface area contributed by atoms with Crippen LogP contribution in [0, 0.1) is 5.41 Å². The second-order valence-corrected chi connectivity index (χ2v) is 11.1. The van der Waals surface area contributed by atoms with Crippen LogP contribution in [-0.2, 0) is 22.9 Å². The molecular formula is C17H36NO5PS. The van der Waals surface area contributed by atoms with Crippen LogP contribution < -0.4 is 0 Å². The highest BCUT2D eigenvalue weighted by Crippen LogP contribution is 2.52. The second-order valence-electron chi connectivity index (χ2n) is 8.27. The molecule has 0 aliphatic carbocycles. The van der Waals surface area contributed by atoms with Gasteiger partial charge < -0.3 is 4.90 Å². The third-order valence-corrected chi connectivity index (χ3v) is 5.54. The molecule has 8 heteroatoms. The summed E-state index contributed by atoms with van der Waals surface area (Å²) in [6.07, 6.45) is 1.07. The van der Waals surface area contributed by atoms with E-state index in [4.69, 9.17) is 13.6 Å². The number of nitrogens with zero attached hydrogens (tertiary/aromatic N) is 1. The molecule has 0 aromatic carbocycles. The highest BCUT2D eigenvalue weighted by molar-refractivity contribution is 8.13. The van der Waals surface area contributed by atoms with Crippen molar-refractivity contribution in [2.75, 3.05) is 39.1 Å². The maximum Gasteiger partial charge on any atom is 0.475 e. The first kappa shape index (κ1) is 25.1. The SMILES string of the molecule is CC(=O)SCCOP(=O)(OCCN(C)CCC(C)(C)C)OC(C)(C)C. The average molecular weight is 398 g/mol. The number of hydrogen-bond donors (Lipinski definition) is 0. The second kappa shape index (κ2) is 11.1. The largest absolute Gasteiger partial charge is 0.475 e. The first-order valence-electron chi connectivity index (χ1n) is 8.64. The lowest BCUT2D eigenvalue weighted by Gasteiger charge is -2.27. The van der Waals surface area contributed by atoms with Crippen LogP contribution in [0.2, 0.25) is 0 Å². The molecule has 25 heavy (non-hydrogen) atoms. The smallest absolute Gasteiger partial charge is 0.304 e. The minimum absolute atomic E-state index is 0.00318. The van der Waals surface area contributed by atoms with Crippen molar-refractivity contribution in [3.8, 4) is 0 Å². The fraction of sp³-hybridized carbons (Fsp3) is 0.941. The zero-order valence-electron chi connectivity index (χ0n) is 17.1. The molecule has 0 radical (unpaired) electrons. The summed E-state index contributed by atoms with van der Waals surface area (Å²) >= 11 is 1.12. The Morgan fingerprint density at radius 2 is 1.60 bits per heavy atom. The number of likely N-dealkylation sites (N-methyl/N-ethyl adjacent to an activating group) is 1. The van der Waals surface area contributed by atoms with Gasteiger partial charge in [-0.05, 0) is 46.2 Å². The number of carbonyl (C=O) groups excluding carboxylic acids is 1. The molecule has 1 unspecified atom stereocenters. The van der Waals surface area contributed by atoms with E-state index in [9.17, 15) is 9.36 Å². The zero-order chi connectivity index (χ0) is 19.7. The number of thioether (sulfide) groups is 1. The average Bonchev–Trinajstić information content (AvgIpc) is 2.38. The summed E-state index contributed by atoms with van der Waals surface area (Å²) in [5, 5.41) is -0.00318. The summed E-state index contributed by atoms with van der Waals surface area (Å²) in [4.78, 5) is 13.1. The van der Waals surface area contributed by atoms with E-state index < -0.39 is 13.4 Å². The Labute approximate surface area is 158 Å². The van der Waals surface area contributed by atoms with Crippen molar-refractivity contribution in [1.82, 2.24) is 4.90 Å². The minimum Gasteiger partial charge on any atom is -0.304 e. The number of carbonyl (C=O) groups is 1. The van der Waals surface area contributed by atoms with E-state index in [-0.39, 0.29) is 23.7 Å². The molecule has 0 saturated carbocycles. The summed E-state index contributed by atoms with van der Waals surface area (Å²) < 4.78 is 29.2. The molecule has 0 aliphatic heterocycles.